The predicted octanol–water partition coefficient (Wildman–Crippen LogP) is 1.39. The molecule has 0 bridgehead atoms. The van der Waals surface area contributed by atoms with E-state index >= 15 is 0 Å². The Morgan fingerprint density at radius 2 is 2.00 bits per heavy atom. The van der Waals surface area contributed by atoms with E-state index in [1.807, 2.05) is 24.3 Å². The highest BCUT2D eigenvalue weighted by Crippen LogP contribution is 2.17. The molecule has 88 valence electrons. The summed E-state index contributed by atoms with van der Waals surface area (Å²) in [7, 11) is -1.40. The summed E-state index contributed by atoms with van der Waals surface area (Å²) in [5.41, 5.74) is 1.60. The molecule has 0 aliphatic rings. The van der Waals surface area contributed by atoms with Gasteiger partial charge in [0.15, 0.2) is 0 Å². The summed E-state index contributed by atoms with van der Waals surface area (Å²) in [5.74, 6) is 2.59. The van der Waals surface area contributed by atoms with Crippen molar-refractivity contribution in [2.45, 2.75) is 11.5 Å². The molecular weight excluding hydrogens is 235 g/mol. The zero-order valence-electron chi connectivity index (χ0n) is 9.24. The maximum atomic E-state index is 9.06. The van der Waals surface area contributed by atoms with Crippen molar-refractivity contribution in [3.8, 4) is 0 Å². The molecule has 0 amide bonds. The van der Waals surface area contributed by atoms with Crippen LogP contribution in [0.2, 0.25) is 0 Å². The van der Waals surface area contributed by atoms with Crippen LogP contribution in [-0.4, -0.2) is 17.2 Å². The van der Waals surface area contributed by atoms with Crippen molar-refractivity contribution in [2.75, 3.05) is 0 Å². The van der Waals surface area contributed by atoms with E-state index in [1.54, 1.807) is 30.2 Å². The van der Waals surface area contributed by atoms with Crippen molar-refractivity contribution in [1.29, 1.82) is 0 Å². The molecule has 3 nitrogen and oxygen atoms in total. The Balaban J connectivity index is 1.88. The molecule has 2 aromatic rings. The zero-order chi connectivity index (χ0) is 12.1. The average Bonchev–Trinajstić information content (AvgIpc) is 2.82. The van der Waals surface area contributed by atoms with Crippen LogP contribution in [0, 0.1) is 0 Å². The third-order valence-corrected chi connectivity index (χ3v) is 3.37. The van der Waals surface area contributed by atoms with Gasteiger partial charge in [-0.1, -0.05) is 24.3 Å². The number of thioether (sulfide) groups is 1. The molecule has 1 heterocycles. The monoisotopic (exact) mass is 248 g/mol. The molecule has 1 aromatic heterocycles. The summed E-state index contributed by atoms with van der Waals surface area (Å²) in [6, 6.07) is 11.1. The predicted molar refractivity (Wildman–Crippen MR) is 70.0 cm³/mol. The van der Waals surface area contributed by atoms with E-state index in [-0.39, 0.29) is 0 Å². The maximum absolute atomic E-state index is 9.06. The molecule has 0 unspecified atom stereocenters. The molecule has 0 spiro atoms. The second-order valence-electron chi connectivity index (χ2n) is 3.69. The van der Waals surface area contributed by atoms with Gasteiger partial charge < -0.3 is 14.5 Å². The number of benzene rings is 1. The molecule has 17 heavy (non-hydrogen) atoms. The molecule has 2 N–H and O–H groups in total. The summed E-state index contributed by atoms with van der Waals surface area (Å²) >= 11 is 1.73. The van der Waals surface area contributed by atoms with Crippen LogP contribution < -0.4 is 5.46 Å². The smallest absolute Gasteiger partial charge is 0.468 e. The second kappa shape index (κ2) is 5.96. The van der Waals surface area contributed by atoms with Gasteiger partial charge in [0.25, 0.3) is 0 Å². The topological polar surface area (TPSA) is 53.6 Å². The van der Waals surface area contributed by atoms with E-state index in [2.05, 4.69) is 0 Å². The zero-order valence-corrected chi connectivity index (χ0v) is 10.1. The van der Waals surface area contributed by atoms with E-state index in [9.17, 15) is 0 Å². The Hall–Kier alpha value is -1.17. The van der Waals surface area contributed by atoms with E-state index in [0.29, 0.717) is 5.46 Å². The fourth-order valence-electron chi connectivity index (χ4n) is 1.51. The van der Waals surface area contributed by atoms with Gasteiger partial charge in [-0.3, -0.25) is 0 Å². The van der Waals surface area contributed by atoms with Crippen LogP contribution in [0.3, 0.4) is 0 Å². The van der Waals surface area contributed by atoms with Crippen LogP contribution >= 0.6 is 11.8 Å². The lowest BCUT2D eigenvalue weighted by atomic mass is 9.80. The van der Waals surface area contributed by atoms with Gasteiger partial charge in [-0.2, -0.15) is 0 Å². The molecule has 0 radical (unpaired) electrons. The van der Waals surface area contributed by atoms with Crippen LogP contribution in [0.25, 0.3) is 0 Å². The Morgan fingerprint density at radius 1 is 1.12 bits per heavy atom. The van der Waals surface area contributed by atoms with Crippen molar-refractivity contribution in [1.82, 2.24) is 0 Å². The van der Waals surface area contributed by atoms with E-state index in [1.165, 1.54) is 0 Å². The minimum atomic E-state index is -1.40. The Labute approximate surface area is 105 Å². The van der Waals surface area contributed by atoms with Gasteiger partial charge >= 0.3 is 7.12 Å². The van der Waals surface area contributed by atoms with Crippen LogP contribution in [0.4, 0.5) is 0 Å². The summed E-state index contributed by atoms with van der Waals surface area (Å²) in [6.45, 7) is 0. The highest BCUT2D eigenvalue weighted by Gasteiger charge is 2.10. The van der Waals surface area contributed by atoms with Gasteiger partial charge in [0.2, 0.25) is 0 Å². The van der Waals surface area contributed by atoms with Gasteiger partial charge in [0, 0.05) is 5.75 Å². The van der Waals surface area contributed by atoms with Gasteiger partial charge in [0.1, 0.15) is 5.76 Å². The van der Waals surface area contributed by atoms with Gasteiger partial charge in [-0.15, -0.1) is 11.8 Å². The number of furan rings is 1. The summed E-state index contributed by atoms with van der Waals surface area (Å²) in [6.07, 6.45) is 1.67. The summed E-state index contributed by atoms with van der Waals surface area (Å²) in [5, 5.41) is 18.1. The Morgan fingerprint density at radius 3 is 2.71 bits per heavy atom. The Kier molecular flexibility index (Phi) is 4.31. The minimum Gasteiger partial charge on any atom is -0.468 e. The standard InChI is InChI=1S/C12H13BO3S/c14-13(15)11-4-1-3-10(7-11)8-17-9-12-5-2-6-16-12/h1-7,14-15H,8-9H2. The van der Waals surface area contributed by atoms with Crippen molar-refractivity contribution >= 4 is 24.3 Å². The summed E-state index contributed by atoms with van der Waals surface area (Å²) in [4.78, 5) is 0. The molecule has 0 aliphatic carbocycles. The Bertz CT molecular complexity index is 457. The summed E-state index contributed by atoms with van der Waals surface area (Å²) < 4.78 is 5.23. The van der Waals surface area contributed by atoms with Gasteiger partial charge in [-0.05, 0) is 23.2 Å². The number of hydrogen-bond donors (Lipinski definition) is 2. The fraction of sp³-hybridized carbons (Fsp3) is 0.167. The lowest BCUT2D eigenvalue weighted by molar-refractivity contribution is 0.425. The van der Waals surface area contributed by atoms with Gasteiger partial charge in [0.05, 0.1) is 12.0 Å². The number of rotatable bonds is 5. The largest absolute Gasteiger partial charge is 0.488 e. The molecule has 2 rings (SSSR count). The third-order valence-electron chi connectivity index (χ3n) is 2.34. The molecule has 0 saturated heterocycles. The lowest BCUT2D eigenvalue weighted by Crippen LogP contribution is -2.29. The fourth-order valence-corrected chi connectivity index (χ4v) is 2.39. The molecule has 0 saturated carbocycles. The van der Waals surface area contributed by atoms with Crippen molar-refractivity contribution < 1.29 is 14.5 Å². The quantitative estimate of drug-likeness (QED) is 0.785. The molecule has 5 heteroatoms. The normalized spacial score (nSPS) is 10.5. The van der Waals surface area contributed by atoms with Crippen molar-refractivity contribution in [2.24, 2.45) is 0 Å². The van der Waals surface area contributed by atoms with Crippen LogP contribution in [0.1, 0.15) is 11.3 Å². The molecule has 1 aromatic carbocycles. The molecule has 0 aliphatic heterocycles. The van der Waals surface area contributed by atoms with E-state index in [4.69, 9.17) is 14.5 Å². The first-order valence-corrected chi connectivity index (χ1v) is 6.46. The maximum Gasteiger partial charge on any atom is 0.488 e. The van der Waals surface area contributed by atoms with Crippen LogP contribution in [0.15, 0.2) is 47.1 Å². The molecule has 0 fully saturated rings. The molecular formula is C12H13BO3S. The van der Waals surface area contributed by atoms with E-state index in [0.717, 1.165) is 22.8 Å². The lowest BCUT2D eigenvalue weighted by Gasteiger charge is -2.04. The first kappa shape index (κ1) is 12.3. The SMILES string of the molecule is OB(O)c1cccc(CSCc2ccco2)c1. The average molecular weight is 248 g/mol. The van der Waals surface area contributed by atoms with Gasteiger partial charge in [-0.25, -0.2) is 0 Å². The highest BCUT2D eigenvalue weighted by atomic mass is 32.2. The first-order chi connectivity index (χ1) is 8.25. The van der Waals surface area contributed by atoms with Crippen LogP contribution in [-0.2, 0) is 11.5 Å². The first-order valence-electron chi connectivity index (χ1n) is 5.31. The minimum absolute atomic E-state index is 0.529. The molecule has 0 atom stereocenters. The van der Waals surface area contributed by atoms with E-state index < -0.39 is 7.12 Å². The van der Waals surface area contributed by atoms with Crippen LogP contribution in [0.5, 0.6) is 0 Å². The van der Waals surface area contributed by atoms with Crippen molar-refractivity contribution in [3.63, 3.8) is 0 Å². The number of hydrogen-bond acceptors (Lipinski definition) is 4. The third kappa shape index (κ3) is 3.66. The highest BCUT2D eigenvalue weighted by molar-refractivity contribution is 7.97. The second-order valence-corrected chi connectivity index (χ2v) is 4.68. The van der Waals surface area contributed by atoms with Crippen molar-refractivity contribution in [3.05, 3.63) is 54.0 Å².